The molecule has 0 unspecified atom stereocenters. The van der Waals surface area contributed by atoms with Gasteiger partial charge in [0.25, 0.3) is 0 Å². The molecule has 0 heterocycles. The third-order valence-electron chi connectivity index (χ3n) is 0.204. The van der Waals surface area contributed by atoms with Crippen molar-refractivity contribution < 1.29 is 47.7 Å². The van der Waals surface area contributed by atoms with E-state index in [1.807, 2.05) is 6.08 Å². The maximum absolute atomic E-state index is 7.56. The fourth-order valence-corrected chi connectivity index (χ4v) is 0. The molecule has 103 valence electrons. The van der Waals surface area contributed by atoms with Gasteiger partial charge in [0.05, 0.1) is 0 Å². The molecule has 0 saturated carbocycles. The summed E-state index contributed by atoms with van der Waals surface area (Å²) in [5, 5.41) is 1.21. The predicted molar refractivity (Wildman–Crippen MR) is 72.9 cm³/mol. The Morgan fingerprint density at radius 2 is 1.06 bits per heavy atom. The molecule has 0 saturated heterocycles. The second kappa shape index (κ2) is 17.4. The summed E-state index contributed by atoms with van der Waals surface area (Å²) in [6, 6.07) is 0. The summed E-state index contributed by atoms with van der Waals surface area (Å²) >= 11 is 8.56. The van der Waals surface area contributed by atoms with E-state index < -0.39 is 13.4 Å². The Hall–Kier alpha value is 1.42. The standard InChI is InChI=1S/C3H8.C3H5.2H3O3PS.Zn/c2*1-3-2;2*1-4(2,3)5;/h3H2,1-2H3;3H,1-2H2;2*(H3,1,2,3,5);. The fourth-order valence-electron chi connectivity index (χ4n) is 0. The number of hydrogen-bond donors (Lipinski definition) is 6. The van der Waals surface area contributed by atoms with Crippen LogP contribution in [0.25, 0.3) is 0 Å². The van der Waals surface area contributed by atoms with Crippen molar-refractivity contribution in [3.05, 3.63) is 12.7 Å². The molecule has 6 N–H and O–H groups in total. The zero-order valence-electron chi connectivity index (χ0n) is 9.80. The molecule has 0 aromatic carbocycles. The van der Waals surface area contributed by atoms with Crippen molar-refractivity contribution in [3.63, 3.8) is 0 Å². The van der Waals surface area contributed by atoms with Crippen LogP contribution in [0.1, 0.15) is 20.3 Å². The van der Waals surface area contributed by atoms with Gasteiger partial charge in [0.15, 0.2) is 0 Å². The van der Waals surface area contributed by atoms with Crippen LogP contribution in [-0.2, 0) is 41.9 Å². The van der Waals surface area contributed by atoms with Crippen LogP contribution in [0.15, 0.2) is 12.7 Å². The first-order valence-electron chi connectivity index (χ1n) is 4.30. The number of rotatable bonds is 1. The Morgan fingerprint density at radius 1 is 1.00 bits per heavy atom. The van der Waals surface area contributed by atoms with Crippen LogP contribution >= 0.6 is 13.4 Å². The van der Waals surface area contributed by atoms with Gasteiger partial charge in [-0.15, -0.1) is 0 Å². The van der Waals surface area contributed by atoms with E-state index in [9.17, 15) is 0 Å². The van der Waals surface area contributed by atoms with Crippen molar-refractivity contribution in [3.8, 4) is 0 Å². The molecule has 0 aliphatic heterocycles. The van der Waals surface area contributed by atoms with Crippen LogP contribution in [0.3, 0.4) is 0 Å². The van der Waals surface area contributed by atoms with Crippen molar-refractivity contribution in [2.24, 2.45) is 0 Å². The molecule has 0 atom stereocenters. The van der Waals surface area contributed by atoms with Gasteiger partial charge in [-0.25, -0.2) is 0 Å². The van der Waals surface area contributed by atoms with Gasteiger partial charge in [-0.1, -0.05) is 20.3 Å². The van der Waals surface area contributed by atoms with Crippen molar-refractivity contribution in [1.82, 2.24) is 0 Å². The summed E-state index contributed by atoms with van der Waals surface area (Å²) in [7, 11) is 0. The zero-order valence-corrected chi connectivity index (χ0v) is 16.2. The SMILES string of the molecule is C=C[CH2][Zn].CCC.OP(O)(O)=S.OP(O)(O)=S. The minimum atomic E-state index is -3.81. The average molecular weight is 379 g/mol. The monoisotopic (exact) mass is 377 g/mol. The van der Waals surface area contributed by atoms with E-state index in [0.29, 0.717) is 0 Å². The minimum Gasteiger partial charge on any atom is -0.325 e. The first-order valence-corrected chi connectivity index (χ1v) is 11.7. The van der Waals surface area contributed by atoms with E-state index in [-0.39, 0.29) is 0 Å². The Labute approximate surface area is 122 Å². The van der Waals surface area contributed by atoms with Crippen molar-refractivity contribution >= 4 is 37.1 Å². The molecular weight excluding hydrogens is 360 g/mol. The van der Waals surface area contributed by atoms with E-state index in [1.54, 1.807) is 0 Å². The van der Waals surface area contributed by atoms with E-state index in [2.05, 4.69) is 44.0 Å². The molecule has 6 nitrogen and oxygen atoms in total. The number of hydrogen-bond acceptors (Lipinski definition) is 2. The zero-order chi connectivity index (χ0) is 15.1. The van der Waals surface area contributed by atoms with E-state index >= 15 is 0 Å². The molecule has 0 fully saturated rings. The topological polar surface area (TPSA) is 121 Å². The van der Waals surface area contributed by atoms with Gasteiger partial charge >= 0.3 is 49.4 Å². The third kappa shape index (κ3) is 706. The van der Waals surface area contributed by atoms with E-state index in [4.69, 9.17) is 29.4 Å². The molecule has 0 rings (SSSR count). The molecule has 0 aromatic heterocycles. The summed E-state index contributed by atoms with van der Waals surface area (Å²) in [4.78, 5) is 45.3. The largest absolute Gasteiger partial charge is 0.325 e. The van der Waals surface area contributed by atoms with Gasteiger partial charge in [0.2, 0.25) is 0 Å². The molecule has 0 aliphatic carbocycles. The molecular formula is C6H19O6P2S2Zn. The Kier molecular flexibility index (Phi) is 27.6. The fraction of sp³-hybridized carbons (Fsp3) is 0.667. The van der Waals surface area contributed by atoms with Gasteiger partial charge in [-0.2, -0.15) is 0 Å². The summed E-state index contributed by atoms with van der Waals surface area (Å²) in [5.74, 6) is 0. The quantitative estimate of drug-likeness (QED) is 0.226. The Bertz CT molecular complexity index is 204. The third-order valence-corrected chi connectivity index (χ3v) is 1.06. The van der Waals surface area contributed by atoms with E-state index in [1.165, 1.54) is 29.7 Å². The van der Waals surface area contributed by atoms with Crippen LogP contribution < -0.4 is 0 Å². The van der Waals surface area contributed by atoms with Gasteiger partial charge in [0, 0.05) is 0 Å². The molecule has 17 heavy (non-hydrogen) atoms. The van der Waals surface area contributed by atoms with Crippen molar-refractivity contribution in [1.29, 1.82) is 0 Å². The summed E-state index contributed by atoms with van der Waals surface area (Å²) in [6.45, 7) is 0.149. The van der Waals surface area contributed by atoms with Crippen LogP contribution in [-0.4, -0.2) is 29.4 Å². The minimum absolute atomic E-state index is 1.21. The first kappa shape index (κ1) is 26.9. The van der Waals surface area contributed by atoms with Gasteiger partial charge < -0.3 is 29.4 Å². The molecule has 0 radical (unpaired) electrons. The number of allylic oxidation sites excluding steroid dienone is 1. The molecule has 0 spiro atoms. The molecule has 0 amide bonds. The van der Waals surface area contributed by atoms with Crippen LogP contribution in [0, 0.1) is 0 Å². The second-order valence-electron chi connectivity index (χ2n) is 2.31. The maximum atomic E-state index is 7.56. The van der Waals surface area contributed by atoms with Gasteiger partial charge in [0.1, 0.15) is 0 Å². The van der Waals surface area contributed by atoms with Crippen LogP contribution in [0.2, 0.25) is 5.02 Å². The molecule has 0 bridgehead atoms. The van der Waals surface area contributed by atoms with Gasteiger partial charge in [-0.3, -0.25) is 0 Å². The molecule has 0 aromatic rings. The normalized spacial score (nSPS) is 9.53. The van der Waals surface area contributed by atoms with Gasteiger partial charge in [-0.05, 0) is 23.6 Å². The Balaban J connectivity index is -0.0000000676. The van der Waals surface area contributed by atoms with E-state index in [0.717, 1.165) is 0 Å². The summed E-state index contributed by atoms with van der Waals surface area (Å²) < 4.78 is 0. The maximum Gasteiger partial charge on any atom is 0.319 e. The van der Waals surface area contributed by atoms with Crippen molar-refractivity contribution in [2.45, 2.75) is 25.3 Å². The smallest absolute Gasteiger partial charge is 0.319 e. The summed E-state index contributed by atoms with van der Waals surface area (Å²) in [6.07, 6.45) is 3.18. The Morgan fingerprint density at radius 3 is 1.06 bits per heavy atom. The molecule has 11 heteroatoms. The summed E-state index contributed by atoms with van der Waals surface area (Å²) in [5.41, 5.74) is 0. The first-order chi connectivity index (χ1) is 7.33. The van der Waals surface area contributed by atoms with Crippen LogP contribution in [0.5, 0.6) is 0 Å². The molecule has 0 aliphatic rings. The van der Waals surface area contributed by atoms with Crippen LogP contribution in [0.4, 0.5) is 0 Å². The predicted octanol–water partition coefficient (Wildman–Crippen LogP) is 0.929. The average Bonchev–Trinajstić information content (AvgIpc) is 1.99. The second-order valence-corrected chi connectivity index (χ2v) is 8.51. The van der Waals surface area contributed by atoms with Crippen molar-refractivity contribution in [2.75, 3.05) is 0 Å².